The molecule has 33 heavy (non-hydrogen) atoms. The standard InChI is InChI=1S/C29H46O4/c1-29-19-21(8-4-2-3-6-16-32-27-9-5-7-17-33-27)28-23-13-11-22(30)18-20(23)10-12-24(28)25(29)14-15-26(29)31/h18,21-22,24-27,30-31H,2-17,19H2,1H3/t21-,22?,24-,25-,26-,27?,29-/m0/s1. The van der Waals surface area contributed by atoms with E-state index < -0.39 is 0 Å². The molecule has 5 aliphatic rings. The Labute approximate surface area is 200 Å². The van der Waals surface area contributed by atoms with Crippen molar-refractivity contribution in [1.82, 2.24) is 0 Å². The Bertz CT molecular complexity index is 736. The zero-order valence-corrected chi connectivity index (χ0v) is 20.8. The summed E-state index contributed by atoms with van der Waals surface area (Å²) >= 11 is 0. The van der Waals surface area contributed by atoms with Crippen molar-refractivity contribution in [3.63, 3.8) is 0 Å². The van der Waals surface area contributed by atoms with E-state index in [1.54, 1.807) is 11.1 Å². The number of aliphatic hydroxyl groups is 2. The quantitative estimate of drug-likeness (QED) is 0.434. The second-order valence-corrected chi connectivity index (χ2v) is 11.9. The third-order valence-electron chi connectivity index (χ3n) is 9.80. The number of hydrogen-bond acceptors (Lipinski definition) is 4. The minimum atomic E-state index is -0.247. The highest BCUT2D eigenvalue weighted by Crippen LogP contribution is 2.62. The van der Waals surface area contributed by atoms with Gasteiger partial charge in [-0.3, -0.25) is 0 Å². The maximum absolute atomic E-state index is 11.0. The van der Waals surface area contributed by atoms with E-state index in [0.717, 1.165) is 58.2 Å². The van der Waals surface area contributed by atoms with Gasteiger partial charge in [0.05, 0.1) is 12.2 Å². The molecule has 0 radical (unpaired) electrons. The molecule has 2 N–H and O–H groups in total. The maximum Gasteiger partial charge on any atom is 0.157 e. The lowest BCUT2D eigenvalue weighted by atomic mass is 9.53. The summed E-state index contributed by atoms with van der Waals surface area (Å²) in [6, 6.07) is 0. The first-order valence-electron chi connectivity index (χ1n) is 14.1. The third kappa shape index (κ3) is 5.01. The highest BCUT2D eigenvalue weighted by atomic mass is 16.7. The lowest BCUT2D eigenvalue weighted by Gasteiger charge is -2.52. The van der Waals surface area contributed by atoms with Crippen molar-refractivity contribution in [3.8, 4) is 0 Å². The molecule has 4 heteroatoms. The van der Waals surface area contributed by atoms with Crippen LogP contribution in [0.25, 0.3) is 0 Å². The molecule has 2 saturated carbocycles. The van der Waals surface area contributed by atoms with Crippen molar-refractivity contribution >= 4 is 0 Å². The second kappa shape index (κ2) is 10.5. The number of aliphatic hydroxyl groups excluding tert-OH is 2. The van der Waals surface area contributed by atoms with E-state index in [-0.39, 0.29) is 23.9 Å². The van der Waals surface area contributed by atoms with Crippen molar-refractivity contribution < 1.29 is 19.7 Å². The molecule has 0 aromatic carbocycles. The van der Waals surface area contributed by atoms with Crippen molar-refractivity contribution in [2.45, 2.75) is 122 Å². The fraction of sp³-hybridized carbons (Fsp3) is 0.862. The molecule has 0 aromatic heterocycles. The van der Waals surface area contributed by atoms with Gasteiger partial charge in [0.15, 0.2) is 6.29 Å². The smallest absolute Gasteiger partial charge is 0.157 e. The van der Waals surface area contributed by atoms with E-state index in [1.165, 1.54) is 56.9 Å². The van der Waals surface area contributed by atoms with Gasteiger partial charge in [0.1, 0.15) is 0 Å². The van der Waals surface area contributed by atoms with Gasteiger partial charge in [-0.05, 0) is 111 Å². The largest absolute Gasteiger partial charge is 0.393 e. The SMILES string of the molecule is C[C@]12C[C@H](CCCCCCOC3CCCCO3)C3=C4CCC(O)C=C4CC[C@H]3[C@@H]1CC[C@@H]2O. The van der Waals surface area contributed by atoms with Crippen LogP contribution >= 0.6 is 0 Å². The molecule has 0 amide bonds. The van der Waals surface area contributed by atoms with Crippen LogP contribution in [0.4, 0.5) is 0 Å². The van der Waals surface area contributed by atoms with Crippen LogP contribution in [0.5, 0.6) is 0 Å². The summed E-state index contributed by atoms with van der Waals surface area (Å²) in [5.74, 6) is 1.93. The molecule has 0 bridgehead atoms. The summed E-state index contributed by atoms with van der Waals surface area (Å²) in [7, 11) is 0. The number of allylic oxidation sites excluding steroid dienone is 3. The molecule has 0 spiro atoms. The van der Waals surface area contributed by atoms with Crippen LogP contribution in [0.3, 0.4) is 0 Å². The number of ether oxygens (including phenoxy) is 2. The zero-order chi connectivity index (χ0) is 22.8. The van der Waals surface area contributed by atoms with Crippen LogP contribution in [-0.2, 0) is 9.47 Å². The lowest BCUT2D eigenvalue weighted by Crippen LogP contribution is -2.45. The first-order valence-corrected chi connectivity index (χ1v) is 14.1. The van der Waals surface area contributed by atoms with Gasteiger partial charge < -0.3 is 19.7 Å². The van der Waals surface area contributed by atoms with Gasteiger partial charge in [0.2, 0.25) is 0 Å². The Morgan fingerprint density at radius 1 is 1.00 bits per heavy atom. The van der Waals surface area contributed by atoms with E-state index >= 15 is 0 Å². The molecule has 2 unspecified atom stereocenters. The van der Waals surface area contributed by atoms with Crippen LogP contribution in [0.1, 0.15) is 103 Å². The van der Waals surface area contributed by atoms with E-state index in [4.69, 9.17) is 9.47 Å². The van der Waals surface area contributed by atoms with Crippen LogP contribution < -0.4 is 0 Å². The Hall–Kier alpha value is -0.680. The highest BCUT2D eigenvalue weighted by Gasteiger charge is 2.55. The summed E-state index contributed by atoms with van der Waals surface area (Å²) in [6.07, 6.45) is 19.1. The summed E-state index contributed by atoms with van der Waals surface area (Å²) in [5.41, 5.74) is 4.93. The van der Waals surface area contributed by atoms with Gasteiger partial charge in [-0.25, -0.2) is 0 Å². The maximum atomic E-state index is 11.0. The van der Waals surface area contributed by atoms with Crippen molar-refractivity contribution in [2.75, 3.05) is 13.2 Å². The van der Waals surface area contributed by atoms with Crippen LogP contribution in [0, 0.1) is 23.2 Å². The first kappa shape index (κ1) is 24.0. The average Bonchev–Trinajstić information content (AvgIpc) is 3.12. The Balaban J connectivity index is 1.19. The number of hydrogen-bond donors (Lipinski definition) is 2. The monoisotopic (exact) mass is 458 g/mol. The average molecular weight is 459 g/mol. The van der Waals surface area contributed by atoms with E-state index in [9.17, 15) is 10.2 Å². The van der Waals surface area contributed by atoms with E-state index in [0.29, 0.717) is 17.8 Å². The highest BCUT2D eigenvalue weighted by molar-refractivity contribution is 5.44. The molecule has 4 aliphatic carbocycles. The normalized spacial score (nSPS) is 40.8. The van der Waals surface area contributed by atoms with Crippen molar-refractivity contribution in [1.29, 1.82) is 0 Å². The first-order chi connectivity index (χ1) is 16.1. The molecular weight excluding hydrogens is 412 g/mol. The fourth-order valence-electron chi connectivity index (χ4n) is 8.08. The van der Waals surface area contributed by atoms with Gasteiger partial charge in [0.25, 0.3) is 0 Å². The molecule has 1 aliphatic heterocycles. The Morgan fingerprint density at radius 3 is 2.73 bits per heavy atom. The number of rotatable bonds is 8. The number of unbranched alkanes of at least 4 members (excludes halogenated alkanes) is 3. The van der Waals surface area contributed by atoms with Gasteiger partial charge in [-0.1, -0.05) is 37.8 Å². The van der Waals surface area contributed by atoms with Gasteiger partial charge in [0, 0.05) is 13.2 Å². The Morgan fingerprint density at radius 2 is 1.88 bits per heavy atom. The topological polar surface area (TPSA) is 58.9 Å². The van der Waals surface area contributed by atoms with Crippen LogP contribution in [0.2, 0.25) is 0 Å². The molecule has 4 nitrogen and oxygen atoms in total. The molecule has 3 fully saturated rings. The molecule has 7 atom stereocenters. The predicted octanol–water partition coefficient (Wildman–Crippen LogP) is 6.06. The minimum absolute atomic E-state index is 0.0421. The molecule has 1 saturated heterocycles. The minimum Gasteiger partial charge on any atom is -0.393 e. The summed E-state index contributed by atoms with van der Waals surface area (Å²) in [6.45, 7) is 4.08. The summed E-state index contributed by atoms with van der Waals surface area (Å²) in [5, 5.41) is 21.2. The molecule has 5 rings (SSSR count). The van der Waals surface area contributed by atoms with Gasteiger partial charge >= 0.3 is 0 Å². The number of fused-ring (bicyclic) bond motifs is 4. The summed E-state index contributed by atoms with van der Waals surface area (Å²) in [4.78, 5) is 0. The van der Waals surface area contributed by atoms with E-state index in [2.05, 4.69) is 13.0 Å². The van der Waals surface area contributed by atoms with Crippen LogP contribution in [-0.4, -0.2) is 41.9 Å². The predicted molar refractivity (Wildman–Crippen MR) is 131 cm³/mol. The van der Waals surface area contributed by atoms with Gasteiger partial charge in [-0.15, -0.1) is 0 Å². The zero-order valence-electron chi connectivity index (χ0n) is 20.8. The molecule has 186 valence electrons. The van der Waals surface area contributed by atoms with Crippen LogP contribution in [0.15, 0.2) is 22.8 Å². The lowest BCUT2D eigenvalue weighted by molar-refractivity contribution is -0.162. The van der Waals surface area contributed by atoms with E-state index in [1.807, 2.05) is 0 Å². The fourth-order valence-corrected chi connectivity index (χ4v) is 8.08. The summed E-state index contributed by atoms with van der Waals surface area (Å²) < 4.78 is 11.6. The van der Waals surface area contributed by atoms with Gasteiger partial charge in [-0.2, -0.15) is 0 Å². The molecule has 0 aromatic rings. The molecule has 1 heterocycles. The third-order valence-corrected chi connectivity index (χ3v) is 9.80. The molecular formula is C29H46O4. The Kier molecular flexibility index (Phi) is 7.66. The van der Waals surface area contributed by atoms with Crippen molar-refractivity contribution in [3.05, 3.63) is 22.8 Å². The van der Waals surface area contributed by atoms with Crippen molar-refractivity contribution in [2.24, 2.45) is 23.2 Å². The second-order valence-electron chi connectivity index (χ2n) is 11.9.